The minimum atomic E-state index is -0.310. The molecule has 0 aliphatic rings. The minimum absolute atomic E-state index is 0.0390. The molecule has 1 N–H and O–H groups in total. The Morgan fingerprint density at radius 3 is 1.74 bits per heavy atom. The number of nitrogens with zero attached hydrogens (tertiary/aromatic N) is 4. The molecule has 5 heteroatoms. The molecule has 2 aromatic heterocycles. The first-order chi connectivity index (χ1) is 27.1. The maximum atomic E-state index is 11.9. The van der Waals surface area contributed by atoms with Gasteiger partial charge in [-0.15, -0.1) is 0 Å². The van der Waals surface area contributed by atoms with E-state index in [1.54, 1.807) is 6.07 Å². The van der Waals surface area contributed by atoms with Crippen LogP contribution in [-0.2, 0) is 21.7 Å². The summed E-state index contributed by atoms with van der Waals surface area (Å²) in [5.74, 6) is 1.02. The fourth-order valence-electron chi connectivity index (χ4n) is 7.55. The Morgan fingerprint density at radius 2 is 1.10 bits per heavy atom. The van der Waals surface area contributed by atoms with Gasteiger partial charge in [-0.25, -0.2) is 9.83 Å². The summed E-state index contributed by atoms with van der Waals surface area (Å²) < 4.78 is 2.30. The van der Waals surface area contributed by atoms with E-state index in [0.29, 0.717) is 22.6 Å². The van der Waals surface area contributed by atoms with Crippen molar-refractivity contribution >= 4 is 16.7 Å². The van der Waals surface area contributed by atoms with Crippen LogP contribution < -0.4 is 0 Å². The number of benzene rings is 5. The second kappa shape index (κ2) is 14.4. The first-order valence-corrected chi connectivity index (χ1v) is 20.3. The van der Waals surface area contributed by atoms with Gasteiger partial charge in [-0.05, 0) is 110 Å². The molecule has 0 atom stereocenters. The number of rotatable bonds is 5. The summed E-state index contributed by atoms with van der Waals surface area (Å²) >= 11 is 0. The van der Waals surface area contributed by atoms with Crippen molar-refractivity contribution < 1.29 is 5.11 Å². The Labute approximate surface area is 345 Å². The van der Waals surface area contributed by atoms with E-state index in [2.05, 4.69) is 183 Å². The molecule has 0 unspecified atom stereocenters. The lowest BCUT2D eigenvalue weighted by Crippen LogP contribution is -2.17. The normalized spacial score (nSPS) is 12.5. The SMILES string of the molecule is [C-]#[N+]c1cc(-c2cc(-c3nc4ccccc4n3-c3ccc(C(C)(C)C)cc3-c3ccccc3)cc(C(C)(C)C)c2)nc(-c2cc(C(C)(C)C)cc(C(C)(C)C)c2O)c1. The molecule has 5 nitrogen and oxygen atoms in total. The largest absolute Gasteiger partial charge is 0.507 e. The van der Waals surface area contributed by atoms with Gasteiger partial charge in [0.15, 0.2) is 5.69 Å². The lowest BCUT2D eigenvalue weighted by Gasteiger charge is -2.27. The van der Waals surface area contributed by atoms with Crippen molar-refractivity contribution in [1.82, 2.24) is 14.5 Å². The van der Waals surface area contributed by atoms with Gasteiger partial charge in [0.25, 0.3) is 0 Å². The van der Waals surface area contributed by atoms with Crippen LogP contribution in [0.15, 0.2) is 115 Å². The van der Waals surface area contributed by atoms with Crippen LogP contribution in [0.5, 0.6) is 5.75 Å². The van der Waals surface area contributed by atoms with Gasteiger partial charge in [0.2, 0.25) is 0 Å². The highest BCUT2D eigenvalue weighted by atomic mass is 16.3. The zero-order valence-electron chi connectivity index (χ0n) is 36.2. The van der Waals surface area contributed by atoms with E-state index in [1.807, 2.05) is 18.2 Å². The van der Waals surface area contributed by atoms with Crippen LogP contribution in [0.3, 0.4) is 0 Å². The quantitative estimate of drug-likeness (QED) is 0.178. The zero-order valence-corrected chi connectivity index (χ0v) is 36.2. The van der Waals surface area contributed by atoms with Gasteiger partial charge >= 0.3 is 0 Å². The van der Waals surface area contributed by atoms with E-state index in [-0.39, 0.29) is 27.4 Å². The second-order valence-corrected chi connectivity index (χ2v) is 19.8. The summed E-state index contributed by atoms with van der Waals surface area (Å²) in [6.45, 7) is 34.5. The third-order valence-corrected chi connectivity index (χ3v) is 11.1. The molecule has 0 amide bonds. The summed E-state index contributed by atoms with van der Waals surface area (Å²) in [6.07, 6.45) is 0. The van der Waals surface area contributed by atoms with Crippen molar-refractivity contribution in [2.75, 3.05) is 0 Å². The summed E-state index contributed by atoms with van der Waals surface area (Å²) in [6, 6.07) is 40.2. The van der Waals surface area contributed by atoms with E-state index in [9.17, 15) is 5.11 Å². The van der Waals surface area contributed by atoms with Crippen LogP contribution in [-0.4, -0.2) is 19.6 Å². The fraction of sp³-hybridized carbons (Fsp3) is 0.302. The number of phenolic OH excluding ortho intramolecular Hbond substituents is 1. The Balaban J connectivity index is 1.51. The summed E-state index contributed by atoms with van der Waals surface area (Å²) in [5, 5.41) is 11.9. The number of hydrogen-bond donors (Lipinski definition) is 1. The molecular formula is C53H56N4O. The van der Waals surface area contributed by atoms with E-state index >= 15 is 0 Å². The number of para-hydroxylation sites is 2. The predicted octanol–water partition coefficient (Wildman–Crippen LogP) is 14.5. The van der Waals surface area contributed by atoms with Crippen molar-refractivity contribution in [2.45, 2.75) is 105 Å². The highest BCUT2D eigenvalue weighted by molar-refractivity contribution is 5.88. The Morgan fingerprint density at radius 1 is 0.517 bits per heavy atom. The van der Waals surface area contributed by atoms with Crippen LogP contribution in [0, 0.1) is 6.57 Å². The molecule has 58 heavy (non-hydrogen) atoms. The fourth-order valence-corrected chi connectivity index (χ4v) is 7.55. The monoisotopic (exact) mass is 764 g/mol. The van der Waals surface area contributed by atoms with Crippen LogP contribution in [0.25, 0.3) is 66.6 Å². The van der Waals surface area contributed by atoms with E-state index in [4.69, 9.17) is 16.5 Å². The summed E-state index contributed by atoms with van der Waals surface area (Å²) in [7, 11) is 0. The standard InChI is InChI=1S/C53H56N4O/c1-50(2,3)36-23-24-46(40(28-36)33-19-15-14-16-20-33)57-47-22-18-17-21-43(47)56-49(57)35-25-34(26-37(27-35)51(4,5)6)44-31-39(54-13)32-45(55-44)41-29-38(52(7,8)9)30-42(48(41)58)53(10,11)12/h14-32,58H,1-12H3. The molecule has 0 radical (unpaired) electrons. The number of pyridine rings is 1. The van der Waals surface area contributed by atoms with E-state index < -0.39 is 0 Å². The molecule has 0 spiro atoms. The van der Waals surface area contributed by atoms with Gasteiger partial charge in [0, 0.05) is 22.3 Å². The van der Waals surface area contributed by atoms with Crippen LogP contribution in [0.4, 0.5) is 5.69 Å². The van der Waals surface area contributed by atoms with Crippen LogP contribution in [0.2, 0.25) is 0 Å². The number of hydrogen-bond acceptors (Lipinski definition) is 3. The second-order valence-electron chi connectivity index (χ2n) is 19.8. The molecule has 2 heterocycles. The average Bonchev–Trinajstić information content (AvgIpc) is 3.55. The molecule has 0 aliphatic heterocycles. The first kappa shape index (κ1) is 40.2. The molecule has 0 aliphatic carbocycles. The van der Waals surface area contributed by atoms with Crippen LogP contribution >= 0.6 is 0 Å². The van der Waals surface area contributed by atoms with Gasteiger partial charge < -0.3 is 5.11 Å². The number of aromatic nitrogens is 3. The van der Waals surface area contributed by atoms with Gasteiger partial charge in [-0.2, -0.15) is 0 Å². The maximum absolute atomic E-state index is 11.9. The molecule has 0 bridgehead atoms. The molecule has 7 aromatic rings. The summed E-state index contributed by atoms with van der Waals surface area (Å²) in [4.78, 5) is 14.6. The van der Waals surface area contributed by atoms with Crippen molar-refractivity contribution in [3.8, 4) is 56.5 Å². The zero-order chi connectivity index (χ0) is 41.9. The van der Waals surface area contributed by atoms with Gasteiger partial charge in [-0.1, -0.05) is 138 Å². The molecule has 0 saturated heterocycles. The number of aromatic hydroxyl groups is 1. The van der Waals surface area contributed by atoms with Crippen LogP contribution in [0.1, 0.15) is 105 Å². The topological polar surface area (TPSA) is 55.3 Å². The highest BCUT2D eigenvalue weighted by Crippen LogP contribution is 2.44. The smallest absolute Gasteiger partial charge is 0.191 e. The Bertz CT molecular complexity index is 2720. The third kappa shape index (κ3) is 7.81. The number of imidazole rings is 1. The average molecular weight is 765 g/mol. The number of fused-ring (bicyclic) bond motifs is 1. The highest BCUT2D eigenvalue weighted by Gasteiger charge is 2.28. The lowest BCUT2D eigenvalue weighted by atomic mass is 9.78. The van der Waals surface area contributed by atoms with Crippen molar-refractivity contribution in [2.24, 2.45) is 0 Å². The lowest BCUT2D eigenvalue weighted by molar-refractivity contribution is 0.446. The van der Waals surface area contributed by atoms with Crippen molar-refractivity contribution in [1.29, 1.82) is 0 Å². The maximum Gasteiger partial charge on any atom is 0.191 e. The molecule has 7 rings (SSSR count). The van der Waals surface area contributed by atoms with Crippen molar-refractivity contribution in [3.63, 3.8) is 0 Å². The van der Waals surface area contributed by atoms with Gasteiger partial charge in [0.1, 0.15) is 11.6 Å². The van der Waals surface area contributed by atoms with E-state index in [1.165, 1.54) is 5.56 Å². The molecule has 5 aromatic carbocycles. The predicted molar refractivity (Wildman–Crippen MR) is 243 cm³/mol. The van der Waals surface area contributed by atoms with Gasteiger partial charge in [0.05, 0.1) is 34.7 Å². The molecule has 0 saturated carbocycles. The number of phenols is 1. The molecular weight excluding hydrogens is 709 g/mol. The van der Waals surface area contributed by atoms with Crippen molar-refractivity contribution in [3.05, 3.63) is 149 Å². The summed E-state index contributed by atoms with van der Waals surface area (Å²) in [5.41, 5.74) is 13.0. The molecule has 294 valence electrons. The first-order valence-electron chi connectivity index (χ1n) is 20.3. The third-order valence-electron chi connectivity index (χ3n) is 11.1. The minimum Gasteiger partial charge on any atom is -0.507 e. The van der Waals surface area contributed by atoms with E-state index in [0.717, 1.165) is 61.5 Å². The Hall–Kier alpha value is -5.99. The molecule has 0 fully saturated rings. The Kier molecular flexibility index (Phi) is 10.0. The van der Waals surface area contributed by atoms with Gasteiger partial charge in [-0.3, -0.25) is 9.55 Å².